The van der Waals surface area contributed by atoms with Gasteiger partial charge in [0.25, 0.3) is 0 Å². The predicted molar refractivity (Wildman–Crippen MR) is 90.9 cm³/mol. The molecule has 2 aliphatic heterocycles. The van der Waals surface area contributed by atoms with Crippen LogP contribution in [0, 0.1) is 5.92 Å². The fourth-order valence-electron chi connectivity index (χ4n) is 3.68. The standard InChI is InChI=1S/C19H28N2O2/c1-2-3-6-17-7-4-11-21(17)19(22)16-9-12-20(13-10-16)15-18-8-5-14-23-18/h4-5,7-8,14,16-17H,2-3,6,9-13,15H2,1H3/t17-/m1/s1. The van der Waals surface area contributed by atoms with E-state index in [2.05, 4.69) is 28.9 Å². The average Bonchev–Trinajstić information content (AvgIpc) is 3.24. The topological polar surface area (TPSA) is 36.7 Å². The molecular formula is C19H28N2O2. The average molecular weight is 316 g/mol. The summed E-state index contributed by atoms with van der Waals surface area (Å²) in [7, 11) is 0. The van der Waals surface area contributed by atoms with Crippen molar-refractivity contribution in [2.75, 3.05) is 19.6 Å². The van der Waals surface area contributed by atoms with E-state index in [1.807, 2.05) is 12.1 Å². The van der Waals surface area contributed by atoms with Crippen LogP contribution in [0.3, 0.4) is 0 Å². The molecule has 0 saturated carbocycles. The molecule has 1 atom stereocenters. The summed E-state index contributed by atoms with van der Waals surface area (Å²) in [5.74, 6) is 1.58. The van der Waals surface area contributed by atoms with Gasteiger partial charge in [-0.25, -0.2) is 0 Å². The molecule has 0 N–H and O–H groups in total. The van der Waals surface area contributed by atoms with Crippen LogP contribution in [0.2, 0.25) is 0 Å². The molecule has 3 rings (SSSR count). The van der Waals surface area contributed by atoms with E-state index in [1.165, 1.54) is 12.8 Å². The van der Waals surface area contributed by atoms with Crippen molar-refractivity contribution in [1.82, 2.24) is 9.80 Å². The second kappa shape index (κ2) is 7.82. The van der Waals surface area contributed by atoms with Gasteiger partial charge in [0.1, 0.15) is 5.76 Å². The molecule has 0 aromatic carbocycles. The number of carbonyl (C=O) groups excluding carboxylic acids is 1. The van der Waals surface area contributed by atoms with Crippen LogP contribution in [0.1, 0.15) is 44.8 Å². The van der Waals surface area contributed by atoms with Crippen LogP contribution in [0.25, 0.3) is 0 Å². The number of likely N-dealkylation sites (tertiary alicyclic amines) is 1. The highest BCUT2D eigenvalue weighted by Gasteiger charge is 2.32. The highest BCUT2D eigenvalue weighted by atomic mass is 16.3. The minimum absolute atomic E-state index is 0.201. The summed E-state index contributed by atoms with van der Waals surface area (Å²) in [5.41, 5.74) is 0. The van der Waals surface area contributed by atoms with E-state index < -0.39 is 0 Å². The van der Waals surface area contributed by atoms with E-state index >= 15 is 0 Å². The zero-order valence-electron chi connectivity index (χ0n) is 14.1. The van der Waals surface area contributed by atoms with Gasteiger partial charge in [0, 0.05) is 12.5 Å². The molecule has 23 heavy (non-hydrogen) atoms. The van der Waals surface area contributed by atoms with Gasteiger partial charge in [0.15, 0.2) is 0 Å². The maximum Gasteiger partial charge on any atom is 0.226 e. The Balaban J connectivity index is 1.48. The second-order valence-corrected chi connectivity index (χ2v) is 6.76. The SMILES string of the molecule is CCCC[C@@H]1C=CCN1C(=O)C1CCN(Cc2ccco2)CC1. The Morgan fingerprint density at radius 3 is 2.87 bits per heavy atom. The number of unbranched alkanes of at least 4 members (excludes halogenated alkanes) is 1. The van der Waals surface area contributed by atoms with Gasteiger partial charge >= 0.3 is 0 Å². The third-order valence-corrected chi connectivity index (χ3v) is 5.09. The van der Waals surface area contributed by atoms with Gasteiger partial charge < -0.3 is 9.32 Å². The molecule has 0 spiro atoms. The van der Waals surface area contributed by atoms with Crippen molar-refractivity contribution in [2.24, 2.45) is 5.92 Å². The Morgan fingerprint density at radius 2 is 2.17 bits per heavy atom. The number of piperidine rings is 1. The van der Waals surface area contributed by atoms with Gasteiger partial charge in [-0.1, -0.05) is 31.9 Å². The highest BCUT2D eigenvalue weighted by Crippen LogP contribution is 2.25. The molecule has 0 aliphatic carbocycles. The Kier molecular flexibility index (Phi) is 5.55. The van der Waals surface area contributed by atoms with Crippen molar-refractivity contribution in [3.8, 4) is 0 Å². The van der Waals surface area contributed by atoms with Crippen LogP contribution in [0.5, 0.6) is 0 Å². The van der Waals surface area contributed by atoms with E-state index in [9.17, 15) is 4.79 Å². The van der Waals surface area contributed by atoms with E-state index in [0.717, 1.165) is 51.2 Å². The normalized spacial score (nSPS) is 22.8. The third kappa shape index (κ3) is 4.05. The molecule has 1 saturated heterocycles. The summed E-state index contributed by atoms with van der Waals surface area (Å²) >= 11 is 0. The van der Waals surface area contributed by atoms with Crippen LogP contribution >= 0.6 is 0 Å². The number of furan rings is 1. The largest absolute Gasteiger partial charge is 0.468 e. The summed E-state index contributed by atoms with van der Waals surface area (Å²) in [6.07, 6.45) is 11.5. The zero-order valence-corrected chi connectivity index (χ0v) is 14.1. The highest BCUT2D eigenvalue weighted by molar-refractivity contribution is 5.80. The monoisotopic (exact) mass is 316 g/mol. The predicted octanol–water partition coefficient (Wildman–Crippen LogP) is 3.45. The lowest BCUT2D eigenvalue weighted by Gasteiger charge is -2.34. The number of rotatable bonds is 6. The van der Waals surface area contributed by atoms with Crippen LogP contribution in [-0.4, -0.2) is 41.4 Å². The molecule has 1 fully saturated rings. The van der Waals surface area contributed by atoms with Crippen molar-refractivity contribution in [2.45, 2.75) is 51.6 Å². The summed E-state index contributed by atoms with van der Waals surface area (Å²) in [6.45, 7) is 5.84. The van der Waals surface area contributed by atoms with Crippen molar-refractivity contribution < 1.29 is 9.21 Å². The first-order valence-corrected chi connectivity index (χ1v) is 9.00. The number of amides is 1. The Bertz CT molecular complexity index is 515. The first kappa shape index (κ1) is 16.3. The summed E-state index contributed by atoms with van der Waals surface area (Å²) < 4.78 is 5.42. The molecule has 1 aromatic rings. The van der Waals surface area contributed by atoms with Crippen molar-refractivity contribution >= 4 is 5.91 Å². The molecule has 1 amide bonds. The van der Waals surface area contributed by atoms with E-state index in [4.69, 9.17) is 4.42 Å². The minimum atomic E-state index is 0.201. The lowest BCUT2D eigenvalue weighted by atomic mass is 9.94. The van der Waals surface area contributed by atoms with Crippen LogP contribution < -0.4 is 0 Å². The van der Waals surface area contributed by atoms with Crippen molar-refractivity contribution in [3.05, 3.63) is 36.3 Å². The molecule has 2 aliphatic rings. The quantitative estimate of drug-likeness (QED) is 0.754. The van der Waals surface area contributed by atoms with Crippen LogP contribution in [0.15, 0.2) is 35.0 Å². The maximum atomic E-state index is 12.8. The molecule has 3 heterocycles. The first-order chi connectivity index (χ1) is 11.3. The summed E-state index contributed by atoms with van der Waals surface area (Å²) in [5, 5.41) is 0. The first-order valence-electron chi connectivity index (χ1n) is 9.00. The van der Waals surface area contributed by atoms with Gasteiger partial charge in [0.05, 0.1) is 18.8 Å². The lowest BCUT2D eigenvalue weighted by Crippen LogP contribution is -2.44. The van der Waals surface area contributed by atoms with E-state index in [-0.39, 0.29) is 5.92 Å². The Morgan fingerprint density at radius 1 is 1.35 bits per heavy atom. The van der Waals surface area contributed by atoms with Crippen LogP contribution in [-0.2, 0) is 11.3 Å². The smallest absolute Gasteiger partial charge is 0.226 e. The Hall–Kier alpha value is -1.55. The molecule has 0 bridgehead atoms. The number of hydrogen-bond acceptors (Lipinski definition) is 3. The van der Waals surface area contributed by atoms with Crippen molar-refractivity contribution in [1.29, 1.82) is 0 Å². The zero-order chi connectivity index (χ0) is 16.1. The summed E-state index contributed by atoms with van der Waals surface area (Å²) in [4.78, 5) is 17.3. The Labute approximate surface area is 139 Å². The van der Waals surface area contributed by atoms with E-state index in [1.54, 1.807) is 6.26 Å². The maximum absolute atomic E-state index is 12.8. The minimum Gasteiger partial charge on any atom is -0.468 e. The third-order valence-electron chi connectivity index (χ3n) is 5.09. The van der Waals surface area contributed by atoms with Gasteiger partial charge in [0.2, 0.25) is 5.91 Å². The fraction of sp³-hybridized carbons (Fsp3) is 0.632. The summed E-state index contributed by atoms with van der Waals surface area (Å²) in [6, 6.07) is 4.29. The van der Waals surface area contributed by atoms with Gasteiger partial charge in [-0.2, -0.15) is 0 Å². The fourth-order valence-corrected chi connectivity index (χ4v) is 3.68. The molecular weight excluding hydrogens is 288 g/mol. The molecule has 4 heteroatoms. The molecule has 4 nitrogen and oxygen atoms in total. The van der Waals surface area contributed by atoms with Crippen LogP contribution in [0.4, 0.5) is 0 Å². The molecule has 0 radical (unpaired) electrons. The second-order valence-electron chi connectivity index (χ2n) is 6.76. The van der Waals surface area contributed by atoms with Gasteiger partial charge in [-0.15, -0.1) is 0 Å². The number of hydrogen-bond donors (Lipinski definition) is 0. The molecule has 0 unspecified atom stereocenters. The molecule has 1 aromatic heterocycles. The number of carbonyl (C=O) groups is 1. The number of nitrogens with zero attached hydrogens (tertiary/aromatic N) is 2. The molecule has 126 valence electrons. The lowest BCUT2D eigenvalue weighted by molar-refractivity contribution is -0.137. The van der Waals surface area contributed by atoms with Gasteiger partial charge in [-0.3, -0.25) is 9.69 Å². The van der Waals surface area contributed by atoms with Crippen molar-refractivity contribution in [3.63, 3.8) is 0 Å². The van der Waals surface area contributed by atoms with Gasteiger partial charge in [-0.05, 0) is 44.5 Å². The van der Waals surface area contributed by atoms with E-state index in [0.29, 0.717) is 11.9 Å².